The average molecular weight is 357 g/mol. The Morgan fingerprint density at radius 3 is 2.65 bits per heavy atom. The summed E-state index contributed by atoms with van der Waals surface area (Å²) in [6.07, 6.45) is 1.05. The molecule has 3 rings (SSSR count). The summed E-state index contributed by atoms with van der Waals surface area (Å²) in [6, 6.07) is 10.8. The molecule has 2 N–H and O–H groups in total. The molecule has 1 unspecified atom stereocenters. The second kappa shape index (κ2) is 7.95. The summed E-state index contributed by atoms with van der Waals surface area (Å²) in [5.74, 6) is 1.56. The molecule has 0 amide bonds. The van der Waals surface area contributed by atoms with Crippen LogP contribution in [0.5, 0.6) is 11.5 Å². The van der Waals surface area contributed by atoms with E-state index in [0.29, 0.717) is 11.7 Å². The van der Waals surface area contributed by atoms with Crippen molar-refractivity contribution < 1.29 is 19.4 Å². The lowest BCUT2D eigenvalue weighted by Crippen LogP contribution is -2.22. The van der Waals surface area contributed by atoms with Gasteiger partial charge in [0.05, 0.1) is 14.2 Å². The number of pyridine rings is 1. The fraction of sp³-hybridized carbons (Fsp3) is 0.368. The van der Waals surface area contributed by atoms with Crippen molar-refractivity contribution >= 4 is 17.5 Å². The summed E-state index contributed by atoms with van der Waals surface area (Å²) in [5.41, 5.74) is 1.13. The first-order valence-electron chi connectivity index (χ1n) is 8.51. The second-order valence-electron chi connectivity index (χ2n) is 6.27. The molecule has 1 aromatic carbocycles. The number of hydrogen-bond donors (Lipinski definition) is 2. The van der Waals surface area contributed by atoms with Gasteiger partial charge in [-0.3, -0.25) is 0 Å². The molecule has 1 aliphatic heterocycles. The molecule has 0 bridgehead atoms. The largest absolute Gasteiger partial charge is 0.497 e. The third kappa shape index (κ3) is 4.17. The van der Waals surface area contributed by atoms with Gasteiger partial charge in [0.15, 0.2) is 5.69 Å². The van der Waals surface area contributed by atoms with E-state index in [4.69, 9.17) is 14.6 Å². The van der Waals surface area contributed by atoms with E-state index < -0.39 is 5.97 Å². The number of carboxylic acid groups (broad SMARTS) is 1. The fourth-order valence-corrected chi connectivity index (χ4v) is 3.11. The van der Waals surface area contributed by atoms with Crippen molar-refractivity contribution in [3.63, 3.8) is 0 Å². The Balaban J connectivity index is 1.61. The van der Waals surface area contributed by atoms with Gasteiger partial charge in [-0.05, 0) is 24.5 Å². The summed E-state index contributed by atoms with van der Waals surface area (Å²) < 4.78 is 10.7. The first kappa shape index (κ1) is 17.8. The number of carbonyl (C=O) groups is 1. The first-order valence-corrected chi connectivity index (χ1v) is 8.51. The van der Waals surface area contributed by atoms with Gasteiger partial charge in [-0.15, -0.1) is 0 Å². The zero-order valence-corrected chi connectivity index (χ0v) is 14.9. The minimum absolute atomic E-state index is 0.0477. The fourth-order valence-electron chi connectivity index (χ4n) is 3.11. The zero-order chi connectivity index (χ0) is 18.5. The highest BCUT2D eigenvalue weighted by Crippen LogP contribution is 2.31. The molecule has 1 atom stereocenters. The average Bonchev–Trinajstić information content (AvgIpc) is 3.15. The zero-order valence-electron chi connectivity index (χ0n) is 14.9. The quantitative estimate of drug-likeness (QED) is 0.788. The number of carboxylic acids is 1. The van der Waals surface area contributed by atoms with E-state index in [1.807, 2.05) is 18.2 Å². The van der Waals surface area contributed by atoms with Gasteiger partial charge in [0.2, 0.25) is 0 Å². The molecule has 1 aromatic heterocycles. The minimum atomic E-state index is -1.02. The van der Waals surface area contributed by atoms with Crippen LogP contribution in [-0.4, -0.2) is 49.9 Å². The van der Waals surface area contributed by atoms with Crippen LogP contribution >= 0.6 is 0 Å². The molecule has 0 radical (unpaired) electrons. The number of aromatic carboxylic acids is 1. The van der Waals surface area contributed by atoms with Gasteiger partial charge in [-0.1, -0.05) is 6.07 Å². The van der Waals surface area contributed by atoms with Crippen LogP contribution in [0, 0.1) is 5.92 Å². The number of benzene rings is 1. The number of anilines is 2. The molecule has 7 nitrogen and oxygen atoms in total. The topological polar surface area (TPSA) is 83.9 Å². The van der Waals surface area contributed by atoms with E-state index in [0.717, 1.165) is 43.2 Å². The van der Waals surface area contributed by atoms with Crippen LogP contribution < -0.4 is 19.7 Å². The maximum Gasteiger partial charge on any atom is 0.354 e. The molecular formula is C19H23N3O4. The highest BCUT2D eigenvalue weighted by atomic mass is 16.5. The van der Waals surface area contributed by atoms with E-state index in [9.17, 15) is 4.79 Å². The highest BCUT2D eigenvalue weighted by molar-refractivity contribution is 5.85. The molecule has 0 aliphatic carbocycles. The van der Waals surface area contributed by atoms with Gasteiger partial charge in [0, 0.05) is 43.5 Å². The highest BCUT2D eigenvalue weighted by Gasteiger charge is 2.23. The van der Waals surface area contributed by atoms with Gasteiger partial charge in [0.1, 0.15) is 17.3 Å². The summed E-state index contributed by atoms with van der Waals surface area (Å²) in [6.45, 7) is 2.60. The number of ether oxygens (including phenoxy) is 2. The minimum Gasteiger partial charge on any atom is -0.497 e. The number of methoxy groups -OCH3 is 2. The van der Waals surface area contributed by atoms with Crippen molar-refractivity contribution in [1.82, 2.24) is 4.98 Å². The van der Waals surface area contributed by atoms with Crippen LogP contribution in [0.2, 0.25) is 0 Å². The number of hydrogen-bond acceptors (Lipinski definition) is 6. The normalized spacial score (nSPS) is 16.4. The molecule has 2 heterocycles. The van der Waals surface area contributed by atoms with E-state index in [2.05, 4.69) is 15.2 Å². The molecule has 1 aliphatic rings. The summed E-state index contributed by atoms with van der Waals surface area (Å²) >= 11 is 0. The van der Waals surface area contributed by atoms with Crippen LogP contribution in [0.4, 0.5) is 11.5 Å². The number of aromatic nitrogens is 1. The van der Waals surface area contributed by atoms with Crippen molar-refractivity contribution in [3.8, 4) is 11.5 Å². The maximum atomic E-state index is 11.0. The lowest BCUT2D eigenvalue weighted by atomic mass is 10.1. The van der Waals surface area contributed by atoms with Gasteiger partial charge >= 0.3 is 5.97 Å². The molecule has 2 aromatic rings. The van der Waals surface area contributed by atoms with Crippen molar-refractivity contribution in [2.75, 3.05) is 44.1 Å². The summed E-state index contributed by atoms with van der Waals surface area (Å²) in [5, 5.41) is 12.3. The van der Waals surface area contributed by atoms with Crippen LogP contribution in [0.15, 0.2) is 36.4 Å². The molecule has 138 valence electrons. The third-order valence-electron chi connectivity index (χ3n) is 4.53. The molecule has 7 heteroatoms. The molecule has 1 fully saturated rings. The van der Waals surface area contributed by atoms with Crippen LogP contribution in [-0.2, 0) is 0 Å². The van der Waals surface area contributed by atoms with Crippen molar-refractivity contribution in [3.05, 3.63) is 42.1 Å². The Bertz CT molecular complexity index is 759. The van der Waals surface area contributed by atoms with Crippen molar-refractivity contribution in [2.24, 2.45) is 5.92 Å². The third-order valence-corrected chi connectivity index (χ3v) is 4.53. The van der Waals surface area contributed by atoms with Crippen LogP contribution in [0.25, 0.3) is 0 Å². The Morgan fingerprint density at radius 1 is 1.27 bits per heavy atom. The number of rotatable bonds is 7. The van der Waals surface area contributed by atoms with E-state index in [-0.39, 0.29) is 5.69 Å². The number of nitrogens with one attached hydrogen (secondary N) is 1. The Labute approximate surface area is 152 Å². The first-order chi connectivity index (χ1) is 12.6. The molecule has 0 saturated carbocycles. The van der Waals surface area contributed by atoms with E-state index >= 15 is 0 Å². The number of nitrogens with zero attached hydrogens (tertiary/aromatic N) is 2. The predicted octanol–water partition coefficient (Wildman–Crippen LogP) is 2.74. The summed E-state index contributed by atoms with van der Waals surface area (Å²) in [7, 11) is 3.29. The summed E-state index contributed by atoms with van der Waals surface area (Å²) in [4.78, 5) is 17.4. The van der Waals surface area contributed by atoms with Gasteiger partial charge in [0.25, 0.3) is 0 Å². The van der Waals surface area contributed by atoms with Gasteiger partial charge in [-0.25, -0.2) is 9.78 Å². The smallest absolute Gasteiger partial charge is 0.354 e. The molecular weight excluding hydrogens is 334 g/mol. The van der Waals surface area contributed by atoms with Crippen molar-refractivity contribution in [1.29, 1.82) is 0 Å². The Kier molecular flexibility index (Phi) is 5.46. The Hall–Kier alpha value is -2.96. The maximum absolute atomic E-state index is 11.0. The van der Waals surface area contributed by atoms with Gasteiger partial charge < -0.3 is 24.8 Å². The Morgan fingerprint density at radius 2 is 2.00 bits per heavy atom. The van der Waals surface area contributed by atoms with Crippen LogP contribution in [0.3, 0.4) is 0 Å². The SMILES string of the molecule is COc1cc(OC)cc(N2CCC(CNc3cccc(C(=O)O)n3)C2)c1. The monoisotopic (exact) mass is 357 g/mol. The van der Waals surface area contributed by atoms with E-state index in [1.165, 1.54) is 6.07 Å². The molecule has 1 saturated heterocycles. The standard InChI is InChI=1S/C19H23N3O4/c1-25-15-8-14(9-16(10-15)26-2)22-7-6-13(12-22)11-20-18-5-3-4-17(21-18)19(23)24/h3-5,8-10,13H,6-7,11-12H2,1-2H3,(H,20,21)(H,23,24). The molecule has 26 heavy (non-hydrogen) atoms. The lowest BCUT2D eigenvalue weighted by Gasteiger charge is -2.20. The lowest BCUT2D eigenvalue weighted by molar-refractivity contribution is 0.0690. The van der Waals surface area contributed by atoms with Crippen molar-refractivity contribution in [2.45, 2.75) is 6.42 Å². The van der Waals surface area contributed by atoms with Gasteiger partial charge in [-0.2, -0.15) is 0 Å². The van der Waals surface area contributed by atoms with E-state index in [1.54, 1.807) is 26.4 Å². The predicted molar refractivity (Wildman–Crippen MR) is 99.6 cm³/mol. The molecule has 0 spiro atoms. The van der Waals surface area contributed by atoms with Crippen LogP contribution in [0.1, 0.15) is 16.9 Å². The second-order valence-corrected chi connectivity index (χ2v) is 6.27.